The molecule has 0 radical (unpaired) electrons. The second-order valence-corrected chi connectivity index (χ2v) is 6.53. The van der Waals surface area contributed by atoms with Gasteiger partial charge in [-0.1, -0.05) is 20.8 Å². The van der Waals surface area contributed by atoms with E-state index in [4.69, 9.17) is 0 Å². The average Bonchev–Trinajstić information content (AvgIpc) is 2.42. The van der Waals surface area contributed by atoms with Gasteiger partial charge in [0.1, 0.15) is 0 Å². The van der Waals surface area contributed by atoms with Crippen molar-refractivity contribution in [2.24, 2.45) is 0 Å². The van der Waals surface area contributed by atoms with Crippen LogP contribution >= 0.6 is 11.8 Å². The van der Waals surface area contributed by atoms with Crippen LogP contribution in [0.1, 0.15) is 38.4 Å². The molecule has 1 N–H and O–H groups in total. The van der Waals surface area contributed by atoms with Gasteiger partial charge < -0.3 is 10.2 Å². The summed E-state index contributed by atoms with van der Waals surface area (Å²) in [4.78, 5) is 6.88. The monoisotopic (exact) mass is 295 g/mol. The molecule has 4 heteroatoms. The van der Waals surface area contributed by atoms with Crippen molar-refractivity contribution < 1.29 is 0 Å². The van der Waals surface area contributed by atoms with Gasteiger partial charge in [-0.15, -0.1) is 0 Å². The fourth-order valence-electron chi connectivity index (χ4n) is 2.24. The molecule has 0 aliphatic heterocycles. The van der Waals surface area contributed by atoms with E-state index >= 15 is 0 Å². The van der Waals surface area contributed by atoms with E-state index in [0.29, 0.717) is 12.1 Å². The summed E-state index contributed by atoms with van der Waals surface area (Å²) in [5.74, 6) is 1.16. The minimum Gasteiger partial charge on any atom is -0.370 e. The summed E-state index contributed by atoms with van der Waals surface area (Å²) in [6, 6.07) is 3.27. The Labute approximate surface area is 128 Å². The lowest BCUT2D eigenvalue weighted by Gasteiger charge is -2.31. The largest absolute Gasteiger partial charge is 0.370 e. The van der Waals surface area contributed by atoms with Crippen molar-refractivity contribution in [3.63, 3.8) is 0 Å². The molecule has 0 bridgehead atoms. The predicted molar refractivity (Wildman–Crippen MR) is 91.8 cm³/mol. The van der Waals surface area contributed by atoms with E-state index in [-0.39, 0.29) is 0 Å². The zero-order chi connectivity index (χ0) is 15.1. The Morgan fingerprint density at radius 1 is 1.40 bits per heavy atom. The van der Waals surface area contributed by atoms with Crippen LogP contribution in [0.4, 0.5) is 5.69 Å². The maximum absolute atomic E-state index is 4.46. The first-order valence-corrected chi connectivity index (χ1v) is 8.79. The Bertz CT molecular complexity index is 407. The van der Waals surface area contributed by atoms with Crippen LogP contribution in [0.2, 0.25) is 0 Å². The summed E-state index contributed by atoms with van der Waals surface area (Å²) in [6.45, 7) is 9.55. The van der Waals surface area contributed by atoms with Gasteiger partial charge in [0.15, 0.2) is 0 Å². The molecule has 0 aliphatic rings. The van der Waals surface area contributed by atoms with Crippen LogP contribution < -0.4 is 10.2 Å². The number of rotatable bonds is 8. The summed E-state index contributed by atoms with van der Waals surface area (Å²) in [5.41, 5.74) is 3.68. The third-order valence-corrected chi connectivity index (χ3v) is 4.28. The molecule has 0 spiro atoms. The first kappa shape index (κ1) is 17.3. The van der Waals surface area contributed by atoms with Crippen molar-refractivity contribution in [1.82, 2.24) is 10.3 Å². The molecule has 0 aromatic carbocycles. The van der Waals surface area contributed by atoms with Crippen molar-refractivity contribution >= 4 is 17.4 Å². The minimum atomic E-state index is 0.489. The lowest BCUT2D eigenvalue weighted by molar-refractivity contribution is 0.584. The molecule has 114 valence electrons. The maximum Gasteiger partial charge on any atom is 0.0445 e. The summed E-state index contributed by atoms with van der Waals surface area (Å²) < 4.78 is 0. The fraction of sp³-hybridized carbons (Fsp3) is 0.688. The summed E-state index contributed by atoms with van der Waals surface area (Å²) in [5, 5.41) is 3.49. The Balaban J connectivity index is 2.97. The Morgan fingerprint density at radius 3 is 2.65 bits per heavy atom. The molecule has 0 fully saturated rings. The molecule has 1 heterocycles. The number of nitrogens with one attached hydrogen (secondary N) is 1. The SMILES string of the molecule is CCC(CSC)N(C)c1cc(C)ncc1CNC(C)C. The molecule has 0 saturated heterocycles. The number of hydrogen-bond donors (Lipinski definition) is 1. The molecule has 1 unspecified atom stereocenters. The molecule has 0 saturated carbocycles. The van der Waals surface area contributed by atoms with Crippen LogP contribution in [0.15, 0.2) is 12.3 Å². The maximum atomic E-state index is 4.46. The average molecular weight is 295 g/mol. The van der Waals surface area contributed by atoms with Gasteiger partial charge in [-0.05, 0) is 25.7 Å². The molecule has 20 heavy (non-hydrogen) atoms. The third-order valence-electron chi connectivity index (χ3n) is 3.56. The van der Waals surface area contributed by atoms with E-state index < -0.39 is 0 Å². The highest BCUT2D eigenvalue weighted by Gasteiger charge is 2.16. The van der Waals surface area contributed by atoms with Crippen LogP contribution in [-0.4, -0.2) is 36.1 Å². The normalized spacial score (nSPS) is 12.8. The van der Waals surface area contributed by atoms with Gasteiger partial charge in [0.25, 0.3) is 0 Å². The third kappa shape index (κ3) is 4.98. The van der Waals surface area contributed by atoms with E-state index in [1.54, 1.807) is 0 Å². The van der Waals surface area contributed by atoms with Crippen molar-refractivity contribution in [3.8, 4) is 0 Å². The quantitative estimate of drug-likeness (QED) is 0.795. The smallest absolute Gasteiger partial charge is 0.0445 e. The lowest BCUT2D eigenvalue weighted by Crippen LogP contribution is -2.34. The Morgan fingerprint density at radius 2 is 2.10 bits per heavy atom. The molecular formula is C16H29N3S. The number of aromatic nitrogens is 1. The Hall–Kier alpha value is -0.740. The number of hydrogen-bond acceptors (Lipinski definition) is 4. The van der Waals surface area contributed by atoms with Gasteiger partial charge in [0, 0.05) is 54.6 Å². The summed E-state index contributed by atoms with van der Waals surface area (Å²) in [7, 11) is 2.21. The van der Waals surface area contributed by atoms with E-state index in [1.165, 1.54) is 11.3 Å². The first-order chi connectivity index (χ1) is 9.49. The zero-order valence-corrected chi connectivity index (χ0v) is 14.5. The van der Waals surface area contributed by atoms with Crippen LogP contribution in [0, 0.1) is 6.92 Å². The summed E-state index contributed by atoms with van der Waals surface area (Å²) >= 11 is 1.91. The number of aryl methyl sites for hydroxylation is 1. The second-order valence-electron chi connectivity index (χ2n) is 5.62. The van der Waals surface area contributed by atoms with Gasteiger partial charge >= 0.3 is 0 Å². The van der Waals surface area contributed by atoms with E-state index in [9.17, 15) is 0 Å². The number of nitrogens with zero attached hydrogens (tertiary/aromatic N) is 2. The minimum absolute atomic E-state index is 0.489. The number of thioether (sulfide) groups is 1. The van der Waals surface area contributed by atoms with Crippen molar-refractivity contribution in [1.29, 1.82) is 0 Å². The van der Waals surface area contributed by atoms with Gasteiger partial charge in [0.2, 0.25) is 0 Å². The molecule has 1 aromatic heterocycles. The van der Waals surface area contributed by atoms with Gasteiger partial charge in [-0.25, -0.2) is 0 Å². The number of anilines is 1. The first-order valence-electron chi connectivity index (χ1n) is 7.40. The van der Waals surface area contributed by atoms with Crippen molar-refractivity contribution in [2.75, 3.05) is 24.0 Å². The second kappa shape index (κ2) is 8.53. The lowest BCUT2D eigenvalue weighted by atomic mass is 10.1. The standard InChI is InChI=1S/C16H29N3S/c1-7-15(11-20-6)19(5)16-8-13(4)18-10-14(16)9-17-12(2)3/h8,10,12,15,17H,7,9,11H2,1-6H3. The summed E-state index contributed by atoms with van der Waals surface area (Å²) in [6.07, 6.45) is 5.35. The molecule has 3 nitrogen and oxygen atoms in total. The van der Waals surface area contributed by atoms with Crippen molar-refractivity contribution in [2.45, 2.75) is 52.7 Å². The van der Waals surface area contributed by atoms with Crippen molar-refractivity contribution in [3.05, 3.63) is 23.5 Å². The highest BCUT2D eigenvalue weighted by atomic mass is 32.2. The molecule has 1 rings (SSSR count). The topological polar surface area (TPSA) is 28.2 Å². The molecule has 1 atom stereocenters. The Kier molecular flexibility index (Phi) is 7.38. The highest BCUT2D eigenvalue weighted by Crippen LogP contribution is 2.24. The molecule has 0 amide bonds. The fourth-order valence-corrected chi connectivity index (χ4v) is 3.09. The van der Waals surface area contributed by atoms with E-state index in [1.807, 2.05) is 18.0 Å². The van der Waals surface area contributed by atoms with E-state index in [0.717, 1.165) is 24.4 Å². The van der Waals surface area contributed by atoms with Crippen LogP contribution in [-0.2, 0) is 6.54 Å². The van der Waals surface area contributed by atoms with Gasteiger partial charge in [0.05, 0.1) is 0 Å². The number of pyridine rings is 1. The van der Waals surface area contributed by atoms with Gasteiger partial charge in [-0.2, -0.15) is 11.8 Å². The van der Waals surface area contributed by atoms with Crippen LogP contribution in [0.5, 0.6) is 0 Å². The highest BCUT2D eigenvalue weighted by molar-refractivity contribution is 7.98. The molecular weight excluding hydrogens is 266 g/mol. The van der Waals surface area contributed by atoms with Crippen LogP contribution in [0.3, 0.4) is 0 Å². The van der Waals surface area contributed by atoms with Gasteiger partial charge in [-0.3, -0.25) is 4.98 Å². The molecule has 1 aromatic rings. The van der Waals surface area contributed by atoms with Crippen LogP contribution in [0.25, 0.3) is 0 Å². The predicted octanol–water partition coefficient (Wildman–Crippen LogP) is 3.47. The zero-order valence-electron chi connectivity index (χ0n) is 13.7. The van der Waals surface area contributed by atoms with E-state index in [2.05, 4.69) is 62.3 Å². The molecule has 0 aliphatic carbocycles.